The summed E-state index contributed by atoms with van der Waals surface area (Å²) in [4.78, 5) is 37.9. The maximum absolute atomic E-state index is 12.0. The first-order chi connectivity index (χ1) is 55.9. The Labute approximate surface area is 752 Å². The number of ether oxygens (including phenoxy) is 1. The van der Waals surface area contributed by atoms with Gasteiger partial charge >= 0.3 is 0 Å². The lowest BCUT2D eigenvalue weighted by molar-refractivity contribution is -0.132. The van der Waals surface area contributed by atoms with Crippen LogP contribution in [0.2, 0.25) is 0 Å². The standard InChI is InChI=1S/C17H27N3O.C17H26N2O.C17H28N2O.2C16H26N2O.C15H24N2O.6CH4/c1-14(2)15-5-7-16(8-6-15)19-9-11-20(12-10-19)17(21)13-18(3)4;1-12(2)13-4-7-17(14(8-13)11-20)19-9-15-5-6-16(10-19)18(15)3;1-13(2)15-5-6-17(16(11-15)12-20)19-9-7-18(8-10-19)14(3)4;1-11(2)14-5-6-16(15(7-14)10-19)18-9-12(3)17-8-13(18)4;1-12(2)14-5-6-16(15(9-14)11-19)18-8-7-17(4)13(3)10-18;1-12(2)13-4-6-14(7-5-13)17-9-8-16-10-15(17)11-18-3;;;;;;/h5-8,14H,9-13H2,1-4H3;4,7-8,12,15-16,20H,5-6,9-11H2,1-3H3;5-6,11,13-14,20H,7-10,12H2,1-4H3;5-7,11-13,17,19H,8-10H2,1-4H3;5-6,9,12-13,19H,7-8,10-11H2,1-4H3;4-7,12,15-16H,8-11H2,1-3H3;6*1H4/t;;;12-,13+;13-;;;;;;;/m...01......./s1. The molecule has 3 unspecified atom stereocenters. The summed E-state index contributed by atoms with van der Waals surface area (Å²) in [5, 5.41) is 45.6. The molecule has 0 radical (unpaired) electrons. The second kappa shape index (κ2) is 55.0. The van der Waals surface area contributed by atoms with Gasteiger partial charge in [0.15, 0.2) is 0 Å². The molecule has 0 aliphatic carbocycles. The highest BCUT2D eigenvalue weighted by atomic mass is 16.5. The Morgan fingerprint density at radius 2 is 0.821 bits per heavy atom. The van der Waals surface area contributed by atoms with Crippen LogP contribution < -0.4 is 40.0 Å². The monoisotopic (exact) mass is 1710 g/mol. The molecule has 698 valence electrons. The Balaban J connectivity index is 0.000000495. The van der Waals surface area contributed by atoms with Gasteiger partial charge in [-0.15, -0.1) is 0 Å². The number of benzene rings is 6. The maximum Gasteiger partial charge on any atom is 0.236 e. The highest BCUT2D eigenvalue weighted by Gasteiger charge is 2.38. The van der Waals surface area contributed by atoms with Crippen molar-refractivity contribution in [2.75, 3.05) is 196 Å². The molecule has 0 saturated carbocycles. The largest absolute Gasteiger partial charge is 0.392 e. The summed E-state index contributed by atoms with van der Waals surface area (Å²) in [6, 6.07) is 48.0. The molecule has 7 fully saturated rings. The van der Waals surface area contributed by atoms with E-state index in [0.717, 1.165) is 147 Å². The maximum atomic E-state index is 12.0. The van der Waals surface area contributed by atoms with Gasteiger partial charge in [-0.25, -0.2) is 0 Å². The van der Waals surface area contributed by atoms with E-state index in [0.29, 0.717) is 84.3 Å². The molecule has 1 amide bonds. The lowest BCUT2D eigenvalue weighted by atomic mass is 9.98. The van der Waals surface area contributed by atoms with Crippen molar-refractivity contribution < 1.29 is 30.0 Å². The van der Waals surface area contributed by atoms with Crippen LogP contribution in [0.1, 0.15) is 266 Å². The lowest BCUT2D eigenvalue weighted by Crippen LogP contribution is -2.54. The van der Waals surface area contributed by atoms with Crippen LogP contribution in [0.5, 0.6) is 0 Å². The average Bonchev–Trinajstić information content (AvgIpc) is 1.60. The zero-order valence-corrected chi connectivity index (χ0v) is 76.5. The predicted molar refractivity (Wildman–Crippen MR) is 535 cm³/mol. The second-order valence-electron chi connectivity index (χ2n) is 36.6. The summed E-state index contributed by atoms with van der Waals surface area (Å²) >= 11 is 0. The number of fused-ring (bicyclic) bond motifs is 2. The zero-order chi connectivity index (χ0) is 85.3. The quantitative estimate of drug-likeness (QED) is 0.0402. The fraction of sp³-hybridized carbons (Fsp3) is 0.644. The predicted octanol–water partition coefficient (Wildman–Crippen LogP) is 18.4. The van der Waals surface area contributed by atoms with Crippen molar-refractivity contribution in [3.63, 3.8) is 0 Å². The van der Waals surface area contributed by atoms with Gasteiger partial charge in [-0.3, -0.25) is 14.6 Å². The Morgan fingerprint density at radius 3 is 1.23 bits per heavy atom. The van der Waals surface area contributed by atoms with Gasteiger partial charge in [-0.1, -0.05) is 200 Å². The van der Waals surface area contributed by atoms with E-state index in [1.165, 1.54) is 80.3 Å². The third-order valence-electron chi connectivity index (χ3n) is 25.3. The van der Waals surface area contributed by atoms with Crippen LogP contribution >= 0.6 is 0 Å². The number of hydrogen-bond acceptors (Lipinski definition) is 18. The molecule has 0 spiro atoms. The first-order valence-electron chi connectivity index (χ1n) is 44.6. The number of piperazine rings is 6. The smallest absolute Gasteiger partial charge is 0.236 e. The van der Waals surface area contributed by atoms with E-state index in [-0.39, 0.29) is 76.9 Å². The number of anilines is 6. The van der Waals surface area contributed by atoms with E-state index < -0.39 is 0 Å². The number of carbonyl (C=O) groups is 1. The van der Waals surface area contributed by atoms with Crippen molar-refractivity contribution in [3.05, 3.63) is 177 Å². The van der Waals surface area contributed by atoms with Gasteiger partial charge in [-0.2, -0.15) is 0 Å². The van der Waals surface area contributed by atoms with Crippen LogP contribution in [0.25, 0.3) is 0 Å². The summed E-state index contributed by atoms with van der Waals surface area (Å²) < 4.78 is 5.31. The number of nitrogens with one attached hydrogen (secondary N) is 2. The number of amides is 1. The first kappa shape index (κ1) is 112. The fourth-order valence-electron chi connectivity index (χ4n) is 17.1. The van der Waals surface area contributed by atoms with Gasteiger partial charge in [0, 0.05) is 218 Å². The minimum Gasteiger partial charge on any atom is -0.392 e. The van der Waals surface area contributed by atoms with Crippen molar-refractivity contribution in [2.24, 2.45) is 0 Å². The molecule has 7 saturated heterocycles. The lowest BCUT2D eigenvalue weighted by Gasteiger charge is -2.41. The van der Waals surface area contributed by atoms with Gasteiger partial charge < -0.3 is 79.9 Å². The zero-order valence-electron chi connectivity index (χ0n) is 76.5. The van der Waals surface area contributed by atoms with Crippen LogP contribution in [0.15, 0.2) is 121 Å². The number of aliphatic hydroxyl groups is 4. The molecular formula is C104H181N13O6. The second-order valence-corrected chi connectivity index (χ2v) is 36.6. The summed E-state index contributed by atoms with van der Waals surface area (Å²) in [7, 11) is 10.1. The summed E-state index contributed by atoms with van der Waals surface area (Å²) in [6.45, 7) is 57.6. The third kappa shape index (κ3) is 32.1. The van der Waals surface area contributed by atoms with Crippen molar-refractivity contribution in [3.8, 4) is 0 Å². The van der Waals surface area contributed by atoms with Crippen molar-refractivity contribution in [1.82, 2.24) is 35.1 Å². The Hall–Kier alpha value is -6.85. The third-order valence-corrected chi connectivity index (χ3v) is 25.3. The van der Waals surface area contributed by atoms with Crippen LogP contribution in [0.4, 0.5) is 34.1 Å². The van der Waals surface area contributed by atoms with Gasteiger partial charge in [-0.05, 0) is 193 Å². The number of rotatable bonds is 21. The van der Waals surface area contributed by atoms with Crippen LogP contribution in [0.3, 0.4) is 0 Å². The van der Waals surface area contributed by atoms with Gasteiger partial charge in [0.2, 0.25) is 5.91 Å². The molecule has 19 nitrogen and oxygen atoms in total. The molecule has 6 aromatic rings. The summed E-state index contributed by atoms with van der Waals surface area (Å²) in [5.41, 5.74) is 19.6. The highest BCUT2D eigenvalue weighted by molar-refractivity contribution is 5.78. The molecule has 19 heteroatoms. The van der Waals surface area contributed by atoms with Crippen molar-refractivity contribution in [2.45, 2.75) is 279 Å². The van der Waals surface area contributed by atoms with E-state index >= 15 is 0 Å². The first-order valence-corrected chi connectivity index (χ1v) is 44.6. The summed E-state index contributed by atoms with van der Waals surface area (Å²) in [5.74, 6) is 3.42. The number of likely N-dealkylation sites (N-methyl/N-ethyl adjacent to an activating group) is 3. The van der Waals surface area contributed by atoms with Crippen LogP contribution in [-0.2, 0) is 36.0 Å². The van der Waals surface area contributed by atoms with Gasteiger partial charge in [0.25, 0.3) is 0 Å². The molecule has 0 aromatic heterocycles. The van der Waals surface area contributed by atoms with E-state index in [2.05, 4.69) is 308 Å². The van der Waals surface area contributed by atoms with E-state index in [9.17, 15) is 25.2 Å². The number of methoxy groups -OCH3 is 1. The molecule has 13 rings (SSSR count). The minimum atomic E-state index is 0. The van der Waals surface area contributed by atoms with E-state index in [4.69, 9.17) is 4.74 Å². The SMILES string of the molecule is C.C.C.C.C.C.CC(C)c1ccc(N2CC3CCC(C2)N3C)c(CO)c1.CC(C)c1ccc(N2CCN(C(=O)CN(C)C)CC2)cc1.CC(C)c1ccc(N2CCN(C(C)C)CC2)c(CO)c1.CC(C)c1ccc(N2CCN(C)[C@H](C)C2)c(CO)c1.CC(C)c1ccc(N2C[C@H](C)NC[C@H]2C)c(CO)c1.COCC1CNCCN1c1ccc(C(C)C)cc1. The number of nitrogens with zero attached hydrogens (tertiary/aromatic N) is 11. The van der Waals surface area contributed by atoms with Crippen molar-refractivity contribution in [1.29, 1.82) is 0 Å². The topological polar surface area (TPSA) is 167 Å². The molecule has 2 bridgehead atoms. The van der Waals surface area contributed by atoms with Crippen LogP contribution in [0, 0.1) is 0 Å². The Kier molecular flexibility index (Phi) is 50.2. The van der Waals surface area contributed by atoms with E-state index in [1.54, 1.807) is 7.11 Å². The molecule has 6 aromatic carbocycles. The molecular weight excluding hydrogens is 1530 g/mol. The molecule has 6 atom stereocenters. The molecule has 7 aliphatic rings. The molecule has 6 N–H and O–H groups in total. The Morgan fingerprint density at radius 1 is 0.431 bits per heavy atom. The number of hydrogen-bond donors (Lipinski definition) is 6. The van der Waals surface area contributed by atoms with E-state index in [1.807, 2.05) is 23.9 Å². The number of carbonyl (C=O) groups excluding carboxylic acids is 1. The summed E-state index contributed by atoms with van der Waals surface area (Å²) in [6.07, 6.45) is 2.63. The minimum absolute atomic E-state index is 0. The Bertz CT molecular complexity index is 3880. The molecule has 123 heavy (non-hydrogen) atoms. The van der Waals surface area contributed by atoms with Crippen molar-refractivity contribution >= 4 is 40.0 Å². The van der Waals surface area contributed by atoms with Gasteiger partial charge in [0.1, 0.15) is 0 Å². The highest BCUT2D eigenvalue weighted by Crippen LogP contribution is 2.36. The van der Waals surface area contributed by atoms with Crippen LogP contribution in [-0.4, -0.2) is 259 Å². The normalized spacial score (nSPS) is 19.8. The molecule has 7 heterocycles. The van der Waals surface area contributed by atoms with Gasteiger partial charge in [0.05, 0.1) is 45.6 Å². The fourth-order valence-corrected chi connectivity index (χ4v) is 17.1. The molecule has 7 aliphatic heterocycles. The number of aliphatic hydroxyl groups excluding tert-OH is 4. The average molecular weight is 1710 g/mol.